The molecule has 2 nitrogen and oxygen atoms in total. The Labute approximate surface area is 178 Å². The second-order valence-corrected chi connectivity index (χ2v) is 11.2. The molecule has 0 radical (unpaired) electrons. The van der Waals surface area contributed by atoms with E-state index in [0.29, 0.717) is 6.61 Å². The highest BCUT2D eigenvalue weighted by Gasteiger charge is 2.31. The topological polar surface area (TPSA) is 18.5 Å². The summed E-state index contributed by atoms with van der Waals surface area (Å²) in [6, 6.07) is 29.1. The van der Waals surface area contributed by atoms with E-state index in [4.69, 9.17) is 9.16 Å². The quantitative estimate of drug-likeness (QED) is 0.477. The van der Waals surface area contributed by atoms with Crippen molar-refractivity contribution >= 4 is 35.3 Å². The minimum atomic E-state index is -1.83. The van der Waals surface area contributed by atoms with Gasteiger partial charge in [0.15, 0.2) is 0 Å². The summed E-state index contributed by atoms with van der Waals surface area (Å²) in [6.07, 6.45) is -0.0245. The van der Waals surface area contributed by atoms with Crippen LogP contribution in [0.2, 0.25) is 0 Å². The van der Waals surface area contributed by atoms with Crippen LogP contribution >= 0.6 is 15.9 Å². The molecule has 0 N–H and O–H groups in total. The highest BCUT2D eigenvalue weighted by atomic mass is 79.9. The van der Waals surface area contributed by atoms with Gasteiger partial charge >= 0.3 is 0 Å². The maximum Gasteiger partial charge on any atom is 0.240 e. The third-order valence-corrected chi connectivity index (χ3v) is 7.74. The van der Waals surface area contributed by atoms with Gasteiger partial charge in [-0.25, -0.2) is 0 Å². The van der Waals surface area contributed by atoms with Gasteiger partial charge in [-0.3, -0.25) is 0 Å². The van der Waals surface area contributed by atoms with Gasteiger partial charge in [-0.1, -0.05) is 103 Å². The molecule has 0 aliphatic carbocycles. The van der Waals surface area contributed by atoms with Crippen LogP contribution in [0.15, 0.2) is 89.4 Å². The fourth-order valence-electron chi connectivity index (χ4n) is 2.99. The molecule has 0 bridgehead atoms. The molecule has 0 saturated carbocycles. The summed E-state index contributed by atoms with van der Waals surface area (Å²) in [6.45, 7) is 7.15. The molecule has 28 heavy (non-hydrogen) atoms. The minimum absolute atomic E-state index is 0.0245. The number of hydrogen-bond donors (Lipinski definition) is 0. The Morgan fingerprint density at radius 2 is 1.39 bits per heavy atom. The molecular formula is C24H27BrO2Si. The fourth-order valence-corrected chi connectivity index (χ4v) is 6.03. The van der Waals surface area contributed by atoms with Crippen molar-refractivity contribution in [1.29, 1.82) is 0 Å². The predicted octanol–water partition coefficient (Wildman–Crippen LogP) is 4.80. The van der Waals surface area contributed by atoms with Gasteiger partial charge in [0.25, 0.3) is 0 Å². The average molecular weight is 455 g/mol. The molecule has 0 aliphatic rings. The third-order valence-electron chi connectivity index (χ3n) is 4.67. The standard InChI is InChI=1S/C24H27BrO2Si/c1-24(2,3)23(18-26-20-12-10-11-19(25)17-20)27-28(21-13-6-4-7-14-21)22-15-8-5-9-16-22/h4-17,23,28H,18H2,1-3H3. The molecule has 3 rings (SSSR count). The molecule has 4 heteroatoms. The summed E-state index contributed by atoms with van der Waals surface area (Å²) in [5.74, 6) is 0.852. The number of ether oxygens (including phenoxy) is 1. The Hall–Kier alpha value is -1.88. The van der Waals surface area contributed by atoms with E-state index in [1.807, 2.05) is 24.3 Å². The molecule has 3 aromatic rings. The van der Waals surface area contributed by atoms with Crippen LogP contribution in [-0.4, -0.2) is 21.8 Å². The Kier molecular flexibility index (Phi) is 7.11. The van der Waals surface area contributed by atoms with E-state index in [2.05, 4.69) is 97.4 Å². The number of halogens is 1. The minimum Gasteiger partial charge on any atom is -0.491 e. The zero-order valence-electron chi connectivity index (χ0n) is 16.6. The summed E-state index contributed by atoms with van der Waals surface area (Å²) < 4.78 is 14.0. The van der Waals surface area contributed by atoms with Crippen LogP contribution in [0.25, 0.3) is 0 Å². The molecule has 0 heterocycles. The van der Waals surface area contributed by atoms with Gasteiger partial charge in [0.2, 0.25) is 9.04 Å². The van der Waals surface area contributed by atoms with Gasteiger partial charge in [0.1, 0.15) is 12.4 Å². The first-order valence-corrected chi connectivity index (χ1v) is 12.0. The van der Waals surface area contributed by atoms with Crippen LogP contribution < -0.4 is 15.1 Å². The molecule has 1 atom stereocenters. The SMILES string of the molecule is CC(C)(C)C(COc1cccc(Br)c1)O[SiH](c1ccccc1)c1ccccc1. The zero-order valence-corrected chi connectivity index (χ0v) is 19.4. The lowest BCUT2D eigenvalue weighted by Gasteiger charge is -2.34. The molecule has 3 aromatic carbocycles. The second kappa shape index (κ2) is 9.55. The first kappa shape index (κ1) is 20.8. The number of benzene rings is 3. The van der Waals surface area contributed by atoms with E-state index in [-0.39, 0.29) is 11.5 Å². The number of rotatable bonds is 7. The van der Waals surface area contributed by atoms with Gasteiger partial charge in [-0.05, 0) is 34.0 Å². The van der Waals surface area contributed by atoms with E-state index in [9.17, 15) is 0 Å². The van der Waals surface area contributed by atoms with Crippen molar-refractivity contribution in [3.63, 3.8) is 0 Å². The summed E-state index contributed by atoms with van der Waals surface area (Å²) in [5.41, 5.74) is -0.0408. The molecule has 0 aromatic heterocycles. The van der Waals surface area contributed by atoms with Crippen molar-refractivity contribution in [2.45, 2.75) is 26.9 Å². The van der Waals surface area contributed by atoms with Crippen molar-refractivity contribution in [3.05, 3.63) is 89.4 Å². The normalized spacial score (nSPS) is 12.8. The van der Waals surface area contributed by atoms with Gasteiger partial charge in [0, 0.05) is 4.47 Å². The highest BCUT2D eigenvalue weighted by molar-refractivity contribution is 9.10. The van der Waals surface area contributed by atoms with Crippen molar-refractivity contribution < 1.29 is 9.16 Å². The molecular weight excluding hydrogens is 428 g/mol. The molecule has 146 valence electrons. The van der Waals surface area contributed by atoms with Gasteiger partial charge in [-0.15, -0.1) is 0 Å². The Morgan fingerprint density at radius 3 is 1.89 bits per heavy atom. The summed E-state index contributed by atoms with van der Waals surface area (Å²) in [4.78, 5) is 0. The highest BCUT2D eigenvalue weighted by Crippen LogP contribution is 2.25. The number of hydrogen-bond acceptors (Lipinski definition) is 2. The lowest BCUT2D eigenvalue weighted by molar-refractivity contribution is 0.0435. The van der Waals surface area contributed by atoms with E-state index >= 15 is 0 Å². The third kappa shape index (κ3) is 5.81. The van der Waals surface area contributed by atoms with E-state index in [0.717, 1.165) is 10.2 Å². The van der Waals surface area contributed by atoms with Crippen LogP contribution in [0, 0.1) is 5.41 Å². The molecule has 0 spiro atoms. The monoisotopic (exact) mass is 454 g/mol. The Morgan fingerprint density at radius 1 is 0.821 bits per heavy atom. The van der Waals surface area contributed by atoms with Crippen molar-refractivity contribution in [1.82, 2.24) is 0 Å². The summed E-state index contributed by atoms with van der Waals surface area (Å²) in [5, 5.41) is 2.57. The molecule has 0 fully saturated rings. The lowest BCUT2D eigenvalue weighted by atomic mass is 9.90. The molecule has 0 aliphatic heterocycles. The van der Waals surface area contributed by atoms with Gasteiger partial charge < -0.3 is 9.16 Å². The smallest absolute Gasteiger partial charge is 0.240 e. The van der Waals surface area contributed by atoms with Crippen LogP contribution in [0.1, 0.15) is 20.8 Å². The average Bonchev–Trinajstić information content (AvgIpc) is 2.68. The maximum absolute atomic E-state index is 6.84. The van der Waals surface area contributed by atoms with Crippen LogP contribution in [0.5, 0.6) is 5.75 Å². The largest absolute Gasteiger partial charge is 0.491 e. The predicted molar refractivity (Wildman–Crippen MR) is 123 cm³/mol. The Bertz CT molecular complexity index is 823. The zero-order chi connectivity index (χ0) is 20.0. The van der Waals surface area contributed by atoms with Crippen molar-refractivity contribution in [3.8, 4) is 5.75 Å². The van der Waals surface area contributed by atoms with Gasteiger partial charge in [-0.2, -0.15) is 0 Å². The molecule has 0 saturated heterocycles. The van der Waals surface area contributed by atoms with Gasteiger partial charge in [0.05, 0.1) is 6.10 Å². The Balaban J connectivity index is 1.84. The fraction of sp³-hybridized carbons (Fsp3) is 0.250. The molecule has 0 amide bonds. The second-order valence-electron chi connectivity index (χ2n) is 7.96. The first-order valence-electron chi connectivity index (χ1n) is 9.57. The van der Waals surface area contributed by atoms with E-state index in [1.165, 1.54) is 10.4 Å². The van der Waals surface area contributed by atoms with Crippen molar-refractivity contribution in [2.24, 2.45) is 5.41 Å². The van der Waals surface area contributed by atoms with Crippen LogP contribution in [0.4, 0.5) is 0 Å². The van der Waals surface area contributed by atoms with Crippen molar-refractivity contribution in [2.75, 3.05) is 6.61 Å². The van der Waals surface area contributed by atoms with E-state index in [1.54, 1.807) is 0 Å². The van der Waals surface area contributed by atoms with E-state index < -0.39 is 9.04 Å². The lowest BCUT2D eigenvalue weighted by Crippen LogP contribution is -2.51. The summed E-state index contributed by atoms with van der Waals surface area (Å²) >= 11 is 3.51. The first-order chi connectivity index (χ1) is 13.4. The summed E-state index contributed by atoms with van der Waals surface area (Å²) in [7, 11) is -1.83. The van der Waals surface area contributed by atoms with Crippen LogP contribution in [-0.2, 0) is 4.43 Å². The van der Waals surface area contributed by atoms with Crippen LogP contribution in [0.3, 0.4) is 0 Å². The molecule has 1 unspecified atom stereocenters. The maximum atomic E-state index is 6.84.